The smallest absolute Gasteiger partial charge is 0.157 e. The Balaban J connectivity index is 1.75. The molecule has 134 valence electrons. The fourth-order valence-electron chi connectivity index (χ4n) is 3.19. The van der Waals surface area contributed by atoms with E-state index in [0.717, 1.165) is 0 Å². The number of hydrogen-bond acceptors (Lipinski definition) is 5. The van der Waals surface area contributed by atoms with E-state index in [0.29, 0.717) is 39.2 Å². The lowest BCUT2D eigenvalue weighted by atomic mass is 10.0. The van der Waals surface area contributed by atoms with Gasteiger partial charge in [-0.15, -0.1) is 0 Å². The summed E-state index contributed by atoms with van der Waals surface area (Å²) in [5, 5.41) is 7.62. The van der Waals surface area contributed by atoms with Gasteiger partial charge in [0, 0.05) is 35.1 Å². The van der Waals surface area contributed by atoms with Crippen LogP contribution in [0.4, 0.5) is 10.2 Å². The molecule has 5 rings (SSSR count). The zero-order valence-corrected chi connectivity index (χ0v) is 14.5. The maximum atomic E-state index is 15.2. The molecular weight excluding hydrogens is 371 g/mol. The quantitative estimate of drug-likeness (QED) is 0.499. The maximum absolute atomic E-state index is 15.2. The van der Waals surface area contributed by atoms with Crippen molar-refractivity contribution in [2.75, 3.05) is 5.73 Å². The molecule has 0 radical (unpaired) electrons. The van der Waals surface area contributed by atoms with E-state index in [1.54, 1.807) is 52.5 Å². The molecule has 3 N–H and O–H groups in total. The van der Waals surface area contributed by atoms with Crippen LogP contribution in [0, 0.1) is 5.82 Å². The molecule has 4 aromatic heterocycles. The van der Waals surface area contributed by atoms with Gasteiger partial charge in [0.25, 0.3) is 0 Å². The fourth-order valence-corrected chi connectivity index (χ4v) is 3.50. The summed E-state index contributed by atoms with van der Waals surface area (Å²) in [6, 6.07) is 0. The highest BCUT2D eigenvalue weighted by molar-refractivity contribution is 6.35. The Labute approximate surface area is 156 Å². The highest BCUT2D eigenvalue weighted by Gasteiger charge is 2.22. The number of aromatic amines is 1. The summed E-state index contributed by atoms with van der Waals surface area (Å²) >= 11 is 6.43. The third-order valence-corrected chi connectivity index (χ3v) is 4.76. The van der Waals surface area contributed by atoms with Crippen LogP contribution in [0.25, 0.3) is 27.8 Å². The monoisotopic (exact) mass is 382 g/mol. The van der Waals surface area contributed by atoms with E-state index in [9.17, 15) is 0 Å². The Bertz CT molecular complexity index is 1290. The van der Waals surface area contributed by atoms with Gasteiger partial charge in [-0.05, 0) is 0 Å². The van der Waals surface area contributed by atoms with Crippen LogP contribution in [-0.4, -0.2) is 34.1 Å². The second kappa shape index (κ2) is 5.78. The molecule has 0 saturated heterocycles. The number of nitrogens with one attached hydrogen (secondary N) is 1. The van der Waals surface area contributed by atoms with Crippen molar-refractivity contribution in [2.45, 2.75) is 6.54 Å². The number of hydrogen-bond donors (Lipinski definition) is 2. The largest absolute Gasteiger partial charge is 0.382 e. The zero-order chi connectivity index (χ0) is 18.5. The number of nitrogen functional groups attached to an aromatic ring is 1. The summed E-state index contributed by atoms with van der Waals surface area (Å²) in [4.78, 5) is 12.5. The molecule has 0 aliphatic carbocycles. The summed E-state index contributed by atoms with van der Waals surface area (Å²) < 4.78 is 18.7. The summed E-state index contributed by atoms with van der Waals surface area (Å²) in [6.45, 7) is 0.273. The Kier molecular flexibility index (Phi) is 3.37. The molecule has 0 fully saturated rings. The van der Waals surface area contributed by atoms with Crippen molar-refractivity contribution in [3.05, 3.63) is 59.9 Å². The number of fused-ring (bicyclic) bond motifs is 2. The van der Waals surface area contributed by atoms with Crippen molar-refractivity contribution in [3.63, 3.8) is 0 Å². The predicted octanol–water partition coefficient (Wildman–Crippen LogP) is 2.89. The van der Waals surface area contributed by atoms with Gasteiger partial charge in [0.05, 0.1) is 47.7 Å². The molecule has 0 aliphatic rings. The van der Waals surface area contributed by atoms with Gasteiger partial charge in [-0.1, -0.05) is 11.6 Å². The van der Waals surface area contributed by atoms with E-state index in [-0.39, 0.29) is 11.6 Å². The van der Waals surface area contributed by atoms with Crippen LogP contribution in [-0.2, 0) is 6.54 Å². The molecule has 4 heterocycles. The number of benzene rings is 1. The molecule has 0 bridgehead atoms. The lowest BCUT2D eigenvalue weighted by Crippen LogP contribution is -2.03. The first-order valence-electron chi connectivity index (χ1n) is 8.01. The van der Waals surface area contributed by atoms with Crippen LogP contribution in [0.15, 0.2) is 43.5 Å². The zero-order valence-electron chi connectivity index (χ0n) is 13.8. The van der Waals surface area contributed by atoms with E-state index < -0.39 is 5.82 Å². The Morgan fingerprint density at radius 3 is 2.96 bits per heavy atom. The first kappa shape index (κ1) is 15.8. The first-order valence-corrected chi connectivity index (χ1v) is 8.39. The molecular formula is C17H12ClFN8. The number of anilines is 1. The van der Waals surface area contributed by atoms with E-state index in [1.807, 2.05) is 0 Å². The molecule has 0 aliphatic heterocycles. The molecule has 0 amide bonds. The Morgan fingerprint density at radius 1 is 1.26 bits per heavy atom. The first-order chi connectivity index (χ1) is 13.1. The van der Waals surface area contributed by atoms with Gasteiger partial charge in [-0.3, -0.25) is 10.1 Å². The third-order valence-electron chi connectivity index (χ3n) is 4.40. The average Bonchev–Trinajstić information content (AvgIpc) is 3.38. The summed E-state index contributed by atoms with van der Waals surface area (Å²) in [5.41, 5.74) is 8.23. The van der Waals surface area contributed by atoms with Crippen LogP contribution in [0.3, 0.4) is 0 Å². The average molecular weight is 383 g/mol. The van der Waals surface area contributed by atoms with Crippen molar-refractivity contribution in [1.29, 1.82) is 0 Å². The van der Waals surface area contributed by atoms with Gasteiger partial charge in [0.1, 0.15) is 11.6 Å². The van der Waals surface area contributed by atoms with Gasteiger partial charge >= 0.3 is 0 Å². The molecule has 5 aromatic rings. The van der Waals surface area contributed by atoms with Crippen molar-refractivity contribution < 1.29 is 4.39 Å². The third kappa shape index (κ3) is 2.43. The fraction of sp³-hybridized carbons (Fsp3) is 0.0588. The predicted molar refractivity (Wildman–Crippen MR) is 98.8 cm³/mol. The van der Waals surface area contributed by atoms with Crippen LogP contribution in [0.2, 0.25) is 5.02 Å². The van der Waals surface area contributed by atoms with Gasteiger partial charge in [0.2, 0.25) is 0 Å². The van der Waals surface area contributed by atoms with Crippen molar-refractivity contribution in [2.24, 2.45) is 0 Å². The van der Waals surface area contributed by atoms with E-state index in [1.165, 1.54) is 0 Å². The summed E-state index contributed by atoms with van der Waals surface area (Å²) in [5.74, 6) is -0.153. The summed E-state index contributed by atoms with van der Waals surface area (Å²) in [6.07, 6.45) is 11.5. The van der Waals surface area contributed by atoms with Gasteiger partial charge in [-0.25, -0.2) is 14.4 Å². The van der Waals surface area contributed by atoms with E-state index in [4.69, 9.17) is 17.3 Å². The molecule has 0 saturated carbocycles. The SMILES string of the molecule is Nc1cn2cc(-c3c(Cl)c(F)c(Cn4ccnc4)c4[nH]ncc34)ncc2n1. The molecule has 27 heavy (non-hydrogen) atoms. The van der Waals surface area contributed by atoms with E-state index >= 15 is 4.39 Å². The second-order valence-electron chi connectivity index (χ2n) is 6.08. The summed E-state index contributed by atoms with van der Waals surface area (Å²) in [7, 11) is 0. The number of halogens is 2. The number of rotatable bonds is 3. The molecule has 0 spiro atoms. The van der Waals surface area contributed by atoms with Crippen molar-refractivity contribution >= 4 is 34.0 Å². The Morgan fingerprint density at radius 2 is 2.15 bits per heavy atom. The topological polar surface area (TPSA) is 103 Å². The lowest BCUT2D eigenvalue weighted by Gasteiger charge is -2.12. The number of H-pyrrole nitrogens is 1. The van der Waals surface area contributed by atoms with E-state index in [2.05, 4.69) is 25.1 Å². The number of nitrogens with zero attached hydrogens (tertiary/aromatic N) is 6. The highest BCUT2D eigenvalue weighted by Crippen LogP contribution is 2.38. The molecule has 1 aromatic carbocycles. The number of aromatic nitrogens is 7. The minimum absolute atomic E-state index is 0.0149. The minimum atomic E-state index is -0.524. The molecule has 8 nitrogen and oxygen atoms in total. The maximum Gasteiger partial charge on any atom is 0.157 e. The van der Waals surface area contributed by atoms with Crippen molar-refractivity contribution in [3.8, 4) is 11.3 Å². The highest BCUT2D eigenvalue weighted by atomic mass is 35.5. The lowest BCUT2D eigenvalue weighted by molar-refractivity contribution is 0.603. The molecule has 10 heteroatoms. The van der Waals surface area contributed by atoms with Gasteiger partial charge in [-0.2, -0.15) is 5.10 Å². The standard InChI is InChI=1S/C17H12ClFN8/c18-15-14(11-6-27-7-12(20)24-13(27)4-22-11)9-3-23-25-17(9)10(16(15)19)5-26-2-1-21-8-26/h1-4,6-8H,5,20H2,(H,23,25). The van der Waals surface area contributed by atoms with Gasteiger partial charge in [0.15, 0.2) is 5.65 Å². The van der Waals surface area contributed by atoms with Crippen LogP contribution >= 0.6 is 11.6 Å². The van der Waals surface area contributed by atoms with Crippen LogP contribution in [0.5, 0.6) is 0 Å². The number of imidazole rings is 2. The van der Waals surface area contributed by atoms with Crippen LogP contribution in [0.1, 0.15) is 5.56 Å². The normalized spacial score (nSPS) is 11.6. The second-order valence-corrected chi connectivity index (χ2v) is 6.46. The molecule has 0 unspecified atom stereocenters. The van der Waals surface area contributed by atoms with Crippen LogP contribution < -0.4 is 5.73 Å². The molecule has 0 atom stereocenters. The minimum Gasteiger partial charge on any atom is -0.382 e. The van der Waals surface area contributed by atoms with Crippen molar-refractivity contribution in [1.82, 2.24) is 34.1 Å². The number of nitrogens with two attached hydrogens (primary N) is 1. The Hall–Kier alpha value is -3.46. The van der Waals surface area contributed by atoms with Gasteiger partial charge < -0.3 is 14.7 Å².